The first-order valence-corrected chi connectivity index (χ1v) is 10.5. The smallest absolute Gasteiger partial charge is 0.267 e. The molecule has 2 aromatic carbocycles. The minimum Gasteiger partial charge on any atom is -0.355 e. The molecule has 0 fully saturated rings. The van der Waals surface area contributed by atoms with Gasteiger partial charge in [0.2, 0.25) is 11.7 Å². The molecule has 1 amide bonds. The molecule has 0 bridgehead atoms. The maximum Gasteiger partial charge on any atom is 0.267 e. The van der Waals surface area contributed by atoms with E-state index in [2.05, 4.69) is 22.4 Å². The van der Waals surface area contributed by atoms with Crippen LogP contribution in [0.1, 0.15) is 19.8 Å². The molecular weight excluding hydrogens is 386 g/mol. The molecule has 1 N–H and O–H groups in total. The Morgan fingerprint density at radius 1 is 1.07 bits per heavy atom. The van der Waals surface area contributed by atoms with Gasteiger partial charge in [0.15, 0.2) is 5.16 Å². The Kier molecular flexibility index (Phi) is 5.62. The predicted octanol–water partition coefficient (Wildman–Crippen LogP) is 3.04. The van der Waals surface area contributed by atoms with E-state index in [0.717, 1.165) is 24.0 Å². The topological polar surface area (TPSA) is 81.3 Å². The summed E-state index contributed by atoms with van der Waals surface area (Å²) in [5, 5.41) is 12.6. The molecule has 2 heterocycles. The zero-order valence-corrected chi connectivity index (χ0v) is 16.9. The highest BCUT2D eigenvalue weighted by atomic mass is 32.2. The molecule has 29 heavy (non-hydrogen) atoms. The summed E-state index contributed by atoms with van der Waals surface area (Å²) in [6.45, 7) is 2.76. The lowest BCUT2D eigenvalue weighted by molar-refractivity contribution is -0.118. The number of para-hydroxylation sites is 2. The molecular formula is C21H21N5O2S. The molecule has 0 saturated carbocycles. The van der Waals surface area contributed by atoms with E-state index in [-0.39, 0.29) is 17.2 Å². The third-order valence-electron chi connectivity index (χ3n) is 4.59. The number of benzene rings is 2. The van der Waals surface area contributed by atoms with Crippen molar-refractivity contribution in [3.8, 4) is 5.69 Å². The molecule has 0 spiro atoms. The summed E-state index contributed by atoms with van der Waals surface area (Å²) in [7, 11) is 0. The maximum atomic E-state index is 13.2. The Hall–Kier alpha value is -3.13. The van der Waals surface area contributed by atoms with Gasteiger partial charge in [-0.25, -0.2) is 4.57 Å². The molecule has 8 heteroatoms. The molecule has 0 radical (unpaired) electrons. The van der Waals surface area contributed by atoms with E-state index in [1.165, 1.54) is 11.8 Å². The summed E-state index contributed by atoms with van der Waals surface area (Å²) >= 11 is 1.31. The highest BCUT2D eigenvalue weighted by molar-refractivity contribution is 7.99. The second-order valence-electron chi connectivity index (χ2n) is 6.60. The minimum atomic E-state index is -0.152. The van der Waals surface area contributed by atoms with E-state index >= 15 is 0 Å². The number of carbonyl (C=O) groups is 1. The van der Waals surface area contributed by atoms with Gasteiger partial charge in [0.05, 0.1) is 22.3 Å². The summed E-state index contributed by atoms with van der Waals surface area (Å²) in [6.07, 6.45) is 1.99. The number of hydrogen-bond donors (Lipinski definition) is 1. The van der Waals surface area contributed by atoms with Crippen LogP contribution in [-0.2, 0) is 4.79 Å². The van der Waals surface area contributed by atoms with Crippen molar-refractivity contribution in [2.24, 2.45) is 0 Å². The van der Waals surface area contributed by atoms with Crippen LogP contribution in [0.15, 0.2) is 64.5 Å². The lowest BCUT2D eigenvalue weighted by Gasteiger charge is -2.11. The first-order chi connectivity index (χ1) is 14.2. The van der Waals surface area contributed by atoms with Crippen LogP contribution in [-0.4, -0.2) is 37.4 Å². The van der Waals surface area contributed by atoms with Gasteiger partial charge in [-0.05, 0) is 30.7 Å². The number of fused-ring (bicyclic) bond motifs is 3. The average Bonchev–Trinajstić information content (AvgIpc) is 3.17. The quantitative estimate of drug-likeness (QED) is 0.376. The van der Waals surface area contributed by atoms with Crippen molar-refractivity contribution in [3.63, 3.8) is 0 Å². The Bertz CT molecular complexity index is 1220. The highest BCUT2D eigenvalue weighted by Crippen LogP contribution is 2.23. The number of nitrogens with zero attached hydrogens (tertiary/aromatic N) is 4. The molecule has 4 aromatic rings. The summed E-state index contributed by atoms with van der Waals surface area (Å²) in [5.41, 5.74) is 1.29. The monoisotopic (exact) mass is 407 g/mol. The molecule has 0 unspecified atom stereocenters. The van der Waals surface area contributed by atoms with Gasteiger partial charge >= 0.3 is 0 Å². The molecule has 148 valence electrons. The largest absolute Gasteiger partial charge is 0.355 e. The van der Waals surface area contributed by atoms with Crippen LogP contribution in [0.2, 0.25) is 0 Å². The molecule has 2 aromatic heterocycles. The van der Waals surface area contributed by atoms with E-state index in [9.17, 15) is 9.59 Å². The molecule has 0 atom stereocenters. The highest BCUT2D eigenvalue weighted by Gasteiger charge is 2.18. The summed E-state index contributed by atoms with van der Waals surface area (Å²) in [5.74, 6) is 0.623. The first kappa shape index (κ1) is 19.2. The van der Waals surface area contributed by atoms with Gasteiger partial charge in [0, 0.05) is 6.54 Å². The Balaban J connectivity index is 1.79. The van der Waals surface area contributed by atoms with Crippen LogP contribution in [0, 0.1) is 0 Å². The zero-order valence-electron chi connectivity index (χ0n) is 16.0. The summed E-state index contributed by atoms with van der Waals surface area (Å²) in [4.78, 5) is 25.3. The van der Waals surface area contributed by atoms with Crippen molar-refractivity contribution >= 4 is 34.3 Å². The van der Waals surface area contributed by atoms with Gasteiger partial charge in [0.1, 0.15) is 0 Å². The van der Waals surface area contributed by atoms with E-state index in [1.807, 2.05) is 52.9 Å². The maximum absolute atomic E-state index is 13.2. The SMILES string of the molecule is CCCCNC(=O)CSc1nnc2n(-c3ccccc3)c(=O)c3ccccc3n12. The van der Waals surface area contributed by atoms with E-state index in [1.54, 1.807) is 10.6 Å². The van der Waals surface area contributed by atoms with Gasteiger partial charge in [0.25, 0.3) is 5.56 Å². The Labute approximate surface area is 171 Å². The van der Waals surface area contributed by atoms with Crippen molar-refractivity contribution in [1.82, 2.24) is 24.5 Å². The Morgan fingerprint density at radius 2 is 1.83 bits per heavy atom. The number of nitrogens with one attached hydrogen (secondary N) is 1. The second-order valence-corrected chi connectivity index (χ2v) is 7.55. The standard InChI is InChI=1S/C21H21N5O2S/c1-2-3-13-22-18(27)14-29-21-24-23-20-25(15-9-5-4-6-10-15)19(28)16-11-7-8-12-17(16)26(20)21/h4-12H,2-3,13-14H2,1H3,(H,22,27). The lowest BCUT2D eigenvalue weighted by Crippen LogP contribution is -2.26. The fourth-order valence-electron chi connectivity index (χ4n) is 3.17. The van der Waals surface area contributed by atoms with Gasteiger partial charge in [-0.3, -0.25) is 14.0 Å². The van der Waals surface area contributed by atoms with Crippen molar-refractivity contribution in [1.29, 1.82) is 0 Å². The van der Waals surface area contributed by atoms with Crippen molar-refractivity contribution in [2.75, 3.05) is 12.3 Å². The summed E-state index contributed by atoms with van der Waals surface area (Å²) in [6, 6.07) is 16.7. The van der Waals surface area contributed by atoms with Crippen LogP contribution in [0.3, 0.4) is 0 Å². The van der Waals surface area contributed by atoms with E-state index in [0.29, 0.717) is 22.9 Å². The molecule has 4 rings (SSSR count). The van der Waals surface area contributed by atoms with Gasteiger partial charge < -0.3 is 5.32 Å². The molecule has 0 aliphatic heterocycles. The van der Waals surface area contributed by atoms with Crippen LogP contribution in [0.5, 0.6) is 0 Å². The van der Waals surface area contributed by atoms with E-state index < -0.39 is 0 Å². The number of thioether (sulfide) groups is 1. The van der Waals surface area contributed by atoms with Gasteiger partial charge in [-0.1, -0.05) is 55.4 Å². The fraction of sp³-hybridized carbons (Fsp3) is 0.238. The fourth-order valence-corrected chi connectivity index (χ4v) is 3.94. The molecule has 7 nitrogen and oxygen atoms in total. The first-order valence-electron chi connectivity index (χ1n) is 9.54. The van der Waals surface area contributed by atoms with Crippen LogP contribution < -0.4 is 10.9 Å². The van der Waals surface area contributed by atoms with Crippen molar-refractivity contribution in [3.05, 3.63) is 65.0 Å². The van der Waals surface area contributed by atoms with Crippen LogP contribution in [0.4, 0.5) is 0 Å². The zero-order chi connectivity index (χ0) is 20.2. The number of amides is 1. The number of unbranched alkanes of at least 4 members (excludes halogenated alkanes) is 1. The van der Waals surface area contributed by atoms with Gasteiger partial charge in [-0.2, -0.15) is 0 Å². The third kappa shape index (κ3) is 3.75. The number of rotatable bonds is 7. The van der Waals surface area contributed by atoms with Crippen LogP contribution in [0.25, 0.3) is 22.4 Å². The number of hydrogen-bond acceptors (Lipinski definition) is 5. The van der Waals surface area contributed by atoms with Crippen molar-refractivity contribution in [2.45, 2.75) is 24.9 Å². The lowest BCUT2D eigenvalue weighted by atomic mass is 10.2. The number of aromatic nitrogens is 4. The molecule has 0 aliphatic rings. The second kappa shape index (κ2) is 8.48. The van der Waals surface area contributed by atoms with Gasteiger partial charge in [-0.15, -0.1) is 10.2 Å². The molecule has 0 aliphatic carbocycles. The normalized spacial score (nSPS) is 11.2. The van der Waals surface area contributed by atoms with Crippen molar-refractivity contribution < 1.29 is 4.79 Å². The number of carbonyl (C=O) groups excluding carboxylic acids is 1. The van der Waals surface area contributed by atoms with Crippen LogP contribution >= 0.6 is 11.8 Å². The predicted molar refractivity (Wildman–Crippen MR) is 115 cm³/mol. The third-order valence-corrected chi connectivity index (χ3v) is 5.52. The Morgan fingerprint density at radius 3 is 2.62 bits per heavy atom. The van der Waals surface area contributed by atoms with E-state index in [4.69, 9.17) is 0 Å². The summed E-state index contributed by atoms with van der Waals surface area (Å²) < 4.78 is 3.40. The minimum absolute atomic E-state index is 0.0408. The average molecular weight is 407 g/mol. The molecule has 0 saturated heterocycles.